The summed E-state index contributed by atoms with van der Waals surface area (Å²) in [6, 6.07) is 0. The first kappa shape index (κ1) is 32.2. The highest BCUT2D eigenvalue weighted by molar-refractivity contribution is 4.80. The van der Waals surface area contributed by atoms with E-state index in [1.165, 1.54) is 77.0 Å². The first-order valence-electron chi connectivity index (χ1n) is 13.2. The van der Waals surface area contributed by atoms with Gasteiger partial charge in [-0.15, -0.1) is 0 Å². The largest absolute Gasteiger partial charge is 0.0776 e. The van der Waals surface area contributed by atoms with Gasteiger partial charge in [0.1, 0.15) is 0 Å². The van der Waals surface area contributed by atoms with Crippen LogP contribution in [0, 0.1) is 47.3 Å². The van der Waals surface area contributed by atoms with Crippen LogP contribution < -0.4 is 0 Å². The number of hydrogen-bond acceptors (Lipinski definition) is 0. The summed E-state index contributed by atoms with van der Waals surface area (Å²) < 4.78 is 0. The molecule has 30 heavy (non-hydrogen) atoms. The normalized spacial score (nSPS) is 26.0. The van der Waals surface area contributed by atoms with Gasteiger partial charge in [0.25, 0.3) is 0 Å². The molecule has 2 saturated carbocycles. The van der Waals surface area contributed by atoms with Gasteiger partial charge in [-0.1, -0.05) is 122 Å². The maximum Gasteiger partial charge on any atom is -0.0407 e. The topological polar surface area (TPSA) is 0 Å². The second kappa shape index (κ2) is 17.5. The molecule has 0 aliphatic heterocycles. The van der Waals surface area contributed by atoms with Crippen molar-refractivity contribution in [2.75, 3.05) is 0 Å². The average Bonchev–Trinajstić information content (AvgIpc) is 2.55. The van der Waals surface area contributed by atoms with E-state index in [9.17, 15) is 0 Å². The molecule has 0 spiro atoms. The van der Waals surface area contributed by atoms with Crippen molar-refractivity contribution in [2.45, 2.75) is 147 Å². The summed E-state index contributed by atoms with van der Waals surface area (Å²) in [5.41, 5.74) is 0. The second-order valence-electron chi connectivity index (χ2n) is 12.3. The minimum absolute atomic E-state index is 0. The second-order valence-corrected chi connectivity index (χ2v) is 12.3. The Morgan fingerprint density at radius 3 is 1.23 bits per heavy atom. The lowest BCUT2D eigenvalue weighted by Crippen LogP contribution is -2.25. The van der Waals surface area contributed by atoms with Crippen LogP contribution in [0.1, 0.15) is 147 Å². The molecular formula is C30H64. The summed E-state index contributed by atoms with van der Waals surface area (Å²) in [7, 11) is 0. The van der Waals surface area contributed by atoms with E-state index in [1.54, 1.807) is 0 Å². The lowest BCUT2D eigenvalue weighted by atomic mass is 9.69. The zero-order valence-electron chi connectivity index (χ0n) is 21.1. The molecule has 0 bridgehead atoms. The molecule has 0 saturated heterocycles. The van der Waals surface area contributed by atoms with Crippen LogP contribution in [0.15, 0.2) is 0 Å². The van der Waals surface area contributed by atoms with E-state index in [4.69, 9.17) is 0 Å². The smallest absolute Gasteiger partial charge is 0.0407 e. The first-order chi connectivity index (χ1) is 13.2. The lowest BCUT2D eigenvalue weighted by Gasteiger charge is -2.37. The van der Waals surface area contributed by atoms with E-state index in [2.05, 4.69) is 55.4 Å². The fraction of sp³-hybridized carbons (Fsp3) is 1.00. The van der Waals surface area contributed by atoms with Crippen molar-refractivity contribution in [1.29, 1.82) is 0 Å². The molecule has 0 heterocycles. The van der Waals surface area contributed by atoms with Crippen molar-refractivity contribution >= 4 is 0 Å². The van der Waals surface area contributed by atoms with E-state index < -0.39 is 0 Å². The summed E-state index contributed by atoms with van der Waals surface area (Å²) in [6.07, 6.45) is 17.9. The van der Waals surface area contributed by atoms with Crippen LogP contribution in [0.4, 0.5) is 0 Å². The Labute approximate surface area is 194 Å². The monoisotopic (exact) mass is 425 g/mol. The fourth-order valence-electron chi connectivity index (χ4n) is 5.53. The molecule has 0 unspecified atom stereocenters. The molecule has 0 atom stereocenters. The molecule has 0 aromatic heterocycles. The molecule has 184 valence electrons. The van der Waals surface area contributed by atoms with Crippen LogP contribution in [0.3, 0.4) is 0 Å². The molecule has 2 rings (SSSR count). The van der Waals surface area contributed by atoms with E-state index in [0.29, 0.717) is 0 Å². The van der Waals surface area contributed by atoms with Crippen LogP contribution in [0.25, 0.3) is 0 Å². The Morgan fingerprint density at radius 2 is 0.833 bits per heavy atom. The molecule has 0 aromatic carbocycles. The highest BCUT2D eigenvalue weighted by atomic mass is 14.3. The third-order valence-electron chi connectivity index (χ3n) is 7.21. The highest BCUT2D eigenvalue weighted by Gasteiger charge is 2.28. The van der Waals surface area contributed by atoms with Gasteiger partial charge in [0, 0.05) is 0 Å². The Balaban J connectivity index is 0. The van der Waals surface area contributed by atoms with Gasteiger partial charge in [-0.2, -0.15) is 0 Å². The Bertz CT molecular complexity index is 350. The molecule has 0 nitrogen and oxygen atoms in total. The van der Waals surface area contributed by atoms with Gasteiger partial charge in [0.05, 0.1) is 0 Å². The summed E-state index contributed by atoms with van der Waals surface area (Å²) in [5, 5.41) is 0. The molecule has 0 radical (unpaired) electrons. The van der Waals surface area contributed by atoms with Crippen LogP contribution in [-0.2, 0) is 0 Å². The van der Waals surface area contributed by atoms with Crippen LogP contribution in [0.2, 0.25) is 0 Å². The van der Waals surface area contributed by atoms with Gasteiger partial charge >= 0.3 is 0 Å². The van der Waals surface area contributed by atoms with Gasteiger partial charge < -0.3 is 0 Å². The molecule has 0 amide bonds. The average molecular weight is 425 g/mol. The van der Waals surface area contributed by atoms with Crippen molar-refractivity contribution in [3.63, 3.8) is 0 Å². The van der Waals surface area contributed by atoms with E-state index in [1.807, 2.05) is 0 Å². The van der Waals surface area contributed by atoms with E-state index in [0.717, 1.165) is 47.3 Å². The van der Waals surface area contributed by atoms with Gasteiger partial charge in [-0.05, 0) is 73.0 Å². The highest BCUT2D eigenvalue weighted by Crippen LogP contribution is 2.41. The molecule has 2 aliphatic carbocycles. The quantitative estimate of drug-likeness (QED) is 0.327. The maximum absolute atomic E-state index is 2.37. The van der Waals surface area contributed by atoms with Crippen molar-refractivity contribution < 1.29 is 0 Å². The fourth-order valence-corrected chi connectivity index (χ4v) is 5.53. The van der Waals surface area contributed by atoms with E-state index in [-0.39, 0.29) is 14.9 Å². The van der Waals surface area contributed by atoms with Crippen LogP contribution in [-0.4, -0.2) is 0 Å². The summed E-state index contributed by atoms with van der Waals surface area (Å²) >= 11 is 0. The Hall–Kier alpha value is 0. The SMILES string of the molecule is C.C.CC(C)CCC1CC(CC(C)C)C1.CC(C)CCC1CCC(CC(C)C)CC1. The number of rotatable bonds is 10. The molecule has 0 N–H and O–H groups in total. The minimum atomic E-state index is 0. The lowest BCUT2D eigenvalue weighted by molar-refractivity contribution is 0.149. The van der Waals surface area contributed by atoms with E-state index >= 15 is 0 Å². The van der Waals surface area contributed by atoms with Gasteiger partial charge in [0.15, 0.2) is 0 Å². The summed E-state index contributed by atoms with van der Waals surface area (Å²) in [5.74, 6) is 7.92. The third kappa shape index (κ3) is 15.8. The first-order valence-corrected chi connectivity index (χ1v) is 13.2. The van der Waals surface area contributed by atoms with Gasteiger partial charge in [-0.25, -0.2) is 0 Å². The maximum atomic E-state index is 2.37. The standard InChI is InChI=1S/C15H30.C13H26.2CH4/c1-12(2)5-6-14-7-9-15(10-8-14)11-13(3)4;1-10(2)5-6-12-8-13(9-12)7-11(3)4;;/h12-15H,5-11H2,1-4H3;10-13H,5-9H2,1-4H3;2*1H4. The zero-order valence-corrected chi connectivity index (χ0v) is 21.1. The van der Waals surface area contributed by atoms with Gasteiger partial charge in [0.2, 0.25) is 0 Å². The number of hydrogen-bond donors (Lipinski definition) is 0. The zero-order chi connectivity index (χ0) is 21.1. The van der Waals surface area contributed by atoms with Crippen molar-refractivity contribution in [3.8, 4) is 0 Å². The molecule has 2 fully saturated rings. The molecule has 0 heteroatoms. The van der Waals surface area contributed by atoms with Crippen LogP contribution >= 0.6 is 0 Å². The molecule has 2 aliphatic rings. The predicted molar refractivity (Wildman–Crippen MR) is 142 cm³/mol. The Kier molecular flexibility index (Phi) is 18.8. The summed E-state index contributed by atoms with van der Waals surface area (Å²) in [6.45, 7) is 18.8. The van der Waals surface area contributed by atoms with Crippen molar-refractivity contribution in [2.24, 2.45) is 47.3 Å². The Morgan fingerprint density at radius 1 is 0.467 bits per heavy atom. The minimum Gasteiger partial charge on any atom is -0.0776 e. The predicted octanol–water partition coefficient (Wildman–Crippen LogP) is 11.0. The molecular weight excluding hydrogens is 360 g/mol. The summed E-state index contributed by atoms with van der Waals surface area (Å²) in [4.78, 5) is 0. The van der Waals surface area contributed by atoms with Crippen molar-refractivity contribution in [1.82, 2.24) is 0 Å². The van der Waals surface area contributed by atoms with Crippen LogP contribution in [0.5, 0.6) is 0 Å². The van der Waals surface area contributed by atoms with Gasteiger partial charge in [-0.3, -0.25) is 0 Å². The third-order valence-corrected chi connectivity index (χ3v) is 7.21. The molecule has 0 aromatic rings. The van der Waals surface area contributed by atoms with Crippen molar-refractivity contribution in [3.05, 3.63) is 0 Å².